The quantitative estimate of drug-likeness (QED) is 0.705. The van der Waals surface area contributed by atoms with Gasteiger partial charge in [0.2, 0.25) is 0 Å². The van der Waals surface area contributed by atoms with Crippen molar-refractivity contribution >= 4 is 21.6 Å². The highest BCUT2D eigenvalue weighted by molar-refractivity contribution is 7.88. The van der Waals surface area contributed by atoms with Crippen LogP contribution < -0.4 is 4.74 Å². The SMILES string of the molecule is CCOc1ncc(S(=O)(=O)F)s1. The van der Waals surface area contributed by atoms with Gasteiger partial charge in [-0.25, -0.2) is 4.98 Å². The molecule has 0 aromatic carbocycles. The predicted molar refractivity (Wildman–Crippen MR) is 41.6 cm³/mol. The van der Waals surface area contributed by atoms with E-state index in [1.165, 1.54) is 0 Å². The first-order chi connectivity index (χ1) is 5.54. The maximum Gasteiger partial charge on any atom is 0.343 e. The van der Waals surface area contributed by atoms with Gasteiger partial charge in [-0.1, -0.05) is 15.2 Å². The molecule has 1 heterocycles. The Balaban J connectivity index is 2.92. The van der Waals surface area contributed by atoms with Crippen molar-refractivity contribution in [3.05, 3.63) is 6.20 Å². The predicted octanol–water partition coefficient (Wildman–Crippen LogP) is 1.20. The number of hydrogen-bond donors (Lipinski definition) is 0. The number of ether oxygens (including phenoxy) is 1. The lowest BCUT2D eigenvalue weighted by atomic mass is 10.9. The zero-order valence-electron chi connectivity index (χ0n) is 6.15. The molecule has 0 N–H and O–H groups in total. The van der Waals surface area contributed by atoms with Crippen molar-refractivity contribution < 1.29 is 17.0 Å². The Hall–Kier alpha value is -0.690. The van der Waals surface area contributed by atoms with Gasteiger partial charge < -0.3 is 4.74 Å². The minimum Gasteiger partial charge on any atom is -0.470 e. The van der Waals surface area contributed by atoms with E-state index in [0.29, 0.717) is 17.9 Å². The number of rotatable bonds is 3. The molecule has 0 radical (unpaired) electrons. The summed E-state index contributed by atoms with van der Waals surface area (Å²) < 4.78 is 37.3. The lowest BCUT2D eigenvalue weighted by Crippen LogP contribution is -1.88. The third-order valence-corrected chi connectivity index (χ3v) is 3.11. The maximum absolute atomic E-state index is 12.3. The Morgan fingerprint density at radius 1 is 1.75 bits per heavy atom. The molecule has 0 saturated carbocycles. The number of hydrogen-bond acceptors (Lipinski definition) is 5. The summed E-state index contributed by atoms with van der Waals surface area (Å²) >= 11 is 0.668. The molecule has 0 aliphatic heterocycles. The second-order valence-electron chi connectivity index (χ2n) is 1.82. The summed E-state index contributed by atoms with van der Waals surface area (Å²) in [4.78, 5) is 3.55. The second-order valence-corrected chi connectivity index (χ2v) is 4.38. The van der Waals surface area contributed by atoms with Crippen molar-refractivity contribution in [2.75, 3.05) is 6.61 Å². The van der Waals surface area contributed by atoms with Gasteiger partial charge in [0.15, 0.2) is 4.21 Å². The summed E-state index contributed by atoms with van der Waals surface area (Å²) in [6.45, 7) is 2.10. The van der Waals surface area contributed by atoms with Gasteiger partial charge in [0.1, 0.15) is 0 Å². The summed E-state index contributed by atoms with van der Waals surface area (Å²) in [6.07, 6.45) is 0.936. The highest BCUT2D eigenvalue weighted by atomic mass is 32.3. The van der Waals surface area contributed by atoms with Crippen LogP contribution in [-0.4, -0.2) is 20.0 Å². The van der Waals surface area contributed by atoms with Crippen LogP contribution in [0.1, 0.15) is 6.92 Å². The van der Waals surface area contributed by atoms with E-state index in [1.54, 1.807) is 6.92 Å². The molecule has 0 saturated heterocycles. The van der Waals surface area contributed by atoms with Gasteiger partial charge >= 0.3 is 10.2 Å². The Morgan fingerprint density at radius 2 is 2.42 bits per heavy atom. The van der Waals surface area contributed by atoms with Crippen LogP contribution in [-0.2, 0) is 10.2 Å². The Kier molecular flexibility index (Phi) is 2.63. The molecule has 1 aromatic rings. The fourth-order valence-electron chi connectivity index (χ4n) is 0.547. The van der Waals surface area contributed by atoms with Crippen molar-refractivity contribution in [1.29, 1.82) is 0 Å². The molecule has 7 heteroatoms. The topological polar surface area (TPSA) is 56.3 Å². The summed E-state index contributed by atoms with van der Waals surface area (Å²) in [5, 5.41) is 0.161. The highest BCUT2D eigenvalue weighted by Crippen LogP contribution is 2.25. The molecule has 0 atom stereocenters. The average molecular weight is 211 g/mol. The normalized spacial score (nSPS) is 11.5. The van der Waals surface area contributed by atoms with Gasteiger partial charge in [0.25, 0.3) is 5.19 Å². The summed E-state index contributed by atoms with van der Waals surface area (Å²) in [5.41, 5.74) is 0. The average Bonchev–Trinajstić information content (AvgIpc) is 2.35. The molecular weight excluding hydrogens is 205 g/mol. The van der Waals surface area contributed by atoms with Gasteiger partial charge in [0.05, 0.1) is 12.8 Å². The molecule has 0 bridgehead atoms. The van der Waals surface area contributed by atoms with Crippen molar-refractivity contribution in [3.8, 4) is 5.19 Å². The number of nitrogens with zero attached hydrogens (tertiary/aromatic N) is 1. The number of aromatic nitrogens is 1. The van der Waals surface area contributed by atoms with Gasteiger partial charge in [-0.05, 0) is 6.92 Å². The zero-order valence-corrected chi connectivity index (χ0v) is 7.78. The molecule has 0 amide bonds. The zero-order chi connectivity index (χ0) is 9.19. The van der Waals surface area contributed by atoms with Crippen molar-refractivity contribution in [2.24, 2.45) is 0 Å². The van der Waals surface area contributed by atoms with Crippen LogP contribution in [0.5, 0.6) is 5.19 Å². The molecule has 0 spiro atoms. The minimum absolute atomic E-state index is 0.161. The van der Waals surface area contributed by atoms with Crippen LogP contribution in [0, 0.1) is 0 Å². The van der Waals surface area contributed by atoms with Crippen molar-refractivity contribution in [3.63, 3.8) is 0 Å². The van der Waals surface area contributed by atoms with Crippen LogP contribution in [0.2, 0.25) is 0 Å². The number of thiazole rings is 1. The van der Waals surface area contributed by atoms with E-state index >= 15 is 0 Å². The molecule has 68 valence electrons. The third kappa shape index (κ3) is 2.15. The van der Waals surface area contributed by atoms with Gasteiger partial charge in [-0.15, -0.1) is 0 Å². The Labute approximate surface area is 73.2 Å². The summed E-state index contributed by atoms with van der Waals surface area (Å²) in [6, 6.07) is 0. The van der Waals surface area contributed by atoms with E-state index in [9.17, 15) is 12.3 Å². The fourth-order valence-corrected chi connectivity index (χ4v) is 1.90. The smallest absolute Gasteiger partial charge is 0.343 e. The molecule has 1 rings (SSSR count). The molecular formula is C5H6FNO3S2. The first-order valence-electron chi connectivity index (χ1n) is 3.07. The lowest BCUT2D eigenvalue weighted by molar-refractivity contribution is 0.338. The molecule has 0 aliphatic carbocycles. The standard InChI is InChI=1S/C5H6FNO3S2/c1-2-10-5-7-3-4(11-5)12(6,8)9/h3H,2H2,1H3. The van der Waals surface area contributed by atoms with E-state index in [2.05, 4.69) is 4.98 Å². The van der Waals surface area contributed by atoms with Crippen LogP contribution >= 0.6 is 11.3 Å². The van der Waals surface area contributed by atoms with Crippen LogP contribution in [0.3, 0.4) is 0 Å². The molecule has 1 aromatic heterocycles. The Morgan fingerprint density at radius 3 is 2.83 bits per heavy atom. The fraction of sp³-hybridized carbons (Fsp3) is 0.400. The van der Waals surface area contributed by atoms with Crippen LogP contribution in [0.15, 0.2) is 10.4 Å². The number of halogens is 1. The highest BCUT2D eigenvalue weighted by Gasteiger charge is 2.16. The molecule has 0 unspecified atom stereocenters. The van der Waals surface area contributed by atoms with Gasteiger partial charge in [-0.3, -0.25) is 0 Å². The molecule has 4 nitrogen and oxygen atoms in total. The van der Waals surface area contributed by atoms with Gasteiger partial charge in [-0.2, -0.15) is 8.42 Å². The van der Waals surface area contributed by atoms with Crippen LogP contribution in [0.4, 0.5) is 3.89 Å². The lowest BCUT2D eigenvalue weighted by Gasteiger charge is -1.92. The summed E-state index contributed by atoms with van der Waals surface area (Å²) in [7, 11) is -4.62. The van der Waals surface area contributed by atoms with Gasteiger partial charge in [0, 0.05) is 0 Å². The van der Waals surface area contributed by atoms with Crippen molar-refractivity contribution in [1.82, 2.24) is 4.98 Å². The van der Waals surface area contributed by atoms with E-state index in [4.69, 9.17) is 4.74 Å². The molecule has 12 heavy (non-hydrogen) atoms. The van der Waals surface area contributed by atoms with E-state index in [0.717, 1.165) is 6.20 Å². The first kappa shape index (κ1) is 9.40. The van der Waals surface area contributed by atoms with Crippen molar-refractivity contribution in [2.45, 2.75) is 11.1 Å². The van der Waals surface area contributed by atoms with Crippen LogP contribution in [0.25, 0.3) is 0 Å². The molecule has 0 fully saturated rings. The largest absolute Gasteiger partial charge is 0.470 e. The van der Waals surface area contributed by atoms with E-state index in [1.807, 2.05) is 0 Å². The maximum atomic E-state index is 12.3. The minimum atomic E-state index is -4.62. The van der Waals surface area contributed by atoms with E-state index < -0.39 is 14.4 Å². The first-order valence-corrected chi connectivity index (χ1v) is 5.27. The third-order valence-electron chi connectivity index (χ3n) is 0.971. The molecule has 0 aliphatic rings. The second kappa shape index (κ2) is 3.36. The Bertz CT molecular complexity index is 359. The monoisotopic (exact) mass is 211 g/mol. The van der Waals surface area contributed by atoms with E-state index in [-0.39, 0.29) is 5.19 Å². The summed E-state index contributed by atoms with van der Waals surface area (Å²) in [5.74, 6) is 0.